The van der Waals surface area contributed by atoms with Crippen molar-refractivity contribution in [2.45, 2.75) is 37.7 Å². The first-order chi connectivity index (χ1) is 11.9. The molecule has 2 atom stereocenters. The lowest BCUT2D eigenvalue weighted by atomic mass is 9.97. The zero-order valence-corrected chi connectivity index (χ0v) is 16.5. The van der Waals surface area contributed by atoms with E-state index < -0.39 is 13.3 Å². The molecule has 2 unspecified atom stereocenters. The third-order valence-electron chi connectivity index (χ3n) is 6.19. The first-order valence-electron chi connectivity index (χ1n) is 9.18. The summed E-state index contributed by atoms with van der Waals surface area (Å²) in [4.78, 5) is 0. The van der Waals surface area contributed by atoms with Gasteiger partial charge >= 0.3 is 0 Å². The minimum Gasteiger partial charge on any atom is -0.385 e. The monoisotopic (exact) mass is 346 g/mol. The third-order valence-corrected chi connectivity index (χ3v) is 10.6. The molecule has 2 aromatic carbocycles. The second-order valence-corrected chi connectivity index (χ2v) is 13.1. The highest BCUT2D eigenvalue weighted by atomic mass is 28.3. The van der Waals surface area contributed by atoms with Gasteiger partial charge in [0.05, 0.1) is 5.22 Å². The summed E-state index contributed by atoms with van der Waals surface area (Å²) in [5.74, 6) is 0.409. The second-order valence-electron chi connectivity index (χ2n) is 8.25. The van der Waals surface area contributed by atoms with Gasteiger partial charge in [-0.1, -0.05) is 87.6 Å². The summed E-state index contributed by atoms with van der Waals surface area (Å²) >= 11 is 0. The molecule has 128 valence electrons. The van der Waals surface area contributed by atoms with Crippen LogP contribution < -0.4 is 0 Å². The number of aliphatic hydroxyl groups is 1. The first-order valence-corrected chi connectivity index (χ1v) is 12.3. The van der Waals surface area contributed by atoms with Crippen LogP contribution in [0.4, 0.5) is 0 Å². The van der Waals surface area contributed by atoms with Crippen molar-refractivity contribution in [2.75, 3.05) is 0 Å². The predicted molar refractivity (Wildman–Crippen MR) is 109 cm³/mol. The lowest BCUT2D eigenvalue weighted by molar-refractivity contribution is 0.168. The highest BCUT2D eigenvalue weighted by Gasteiger charge is 2.54. The molecule has 0 radical (unpaired) electrons. The van der Waals surface area contributed by atoms with Gasteiger partial charge in [-0.25, -0.2) is 0 Å². The van der Waals surface area contributed by atoms with Crippen LogP contribution in [0, 0.1) is 5.92 Å². The average molecular weight is 347 g/mol. The maximum absolute atomic E-state index is 12.0. The fourth-order valence-corrected chi connectivity index (χ4v) is 8.11. The molecule has 2 aromatic rings. The summed E-state index contributed by atoms with van der Waals surface area (Å²) < 4.78 is 0. The Kier molecular flexibility index (Phi) is 3.68. The fraction of sp³-hybridized carbons (Fsp3) is 0.304. The molecule has 0 spiro atoms. The molecule has 1 N–H and O–H groups in total. The van der Waals surface area contributed by atoms with E-state index in [1.54, 1.807) is 0 Å². The summed E-state index contributed by atoms with van der Waals surface area (Å²) in [7, 11) is -2.16. The first kappa shape index (κ1) is 16.6. The van der Waals surface area contributed by atoms with E-state index in [1.807, 2.05) is 0 Å². The van der Waals surface area contributed by atoms with Crippen LogP contribution in [0.3, 0.4) is 0 Å². The quantitative estimate of drug-likeness (QED) is 0.725. The number of allylic oxidation sites excluding steroid dienone is 2. The van der Waals surface area contributed by atoms with E-state index in [-0.39, 0.29) is 0 Å². The molecule has 0 fully saturated rings. The van der Waals surface area contributed by atoms with Crippen LogP contribution in [0.15, 0.2) is 60.7 Å². The molecule has 0 aliphatic heterocycles. The molecule has 2 aliphatic carbocycles. The van der Waals surface area contributed by atoms with Crippen molar-refractivity contribution in [2.24, 2.45) is 5.92 Å². The molecule has 0 bridgehead atoms. The molecular weight excluding hydrogens is 320 g/mol. The Labute approximate surface area is 151 Å². The van der Waals surface area contributed by atoms with Crippen LogP contribution in [-0.4, -0.2) is 13.2 Å². The lowest BCUT2D eigenvalue weighted by Gasteiger charge is -2.42. The number of hydrogen-bond donors (Lipinski definition) is 1. The van der Waals surface area contributed by atoms with Gasteiger partial charge in [-0.2, -0.15) is 0 Å². The van der Waals surface area contributed by atoms with Crippen molar-refractivity contribution in [1.29, 1.82) is 0 Å². The van der Waals surface area contributed by atoms with E-state index in [0.717, 1.165) is 5.56 Å². The Bertz CT molecular complexity index is 890. The normalized spacial score (nSPS) is 24.4. The van der Waals surface area contributed by atoms with E-state index in [2.05, 4.69) is 93.7 Å². The maximum atomic E-state index is 12.0. The topological polar surface area (TPSA) is 20.2 Å². The van der Waals surface area contributed by atoms with Gasteiger partial charge in [0.1, 0.15) is 8.07 Å². The summed E-state index contributed by atoms with van der Waals surface area (Å²) in [6.45, 7) is 9.10. The zero-order valence-electron chi connectivity index (χ0n) is 15.5. The van der Waals surface area contributed by atoms with E-state index >= 15 is 0 Å². The Morgan fingerprint density at radius 3 is 2.44 bits per heavy atom. The smallest absolute Gasteiger partial charge is 0.107 e. The van der Waals surface area contributed by atoms with E-state index in [9.17, 15) is 5.11 Å². The largest absolute Gasteiger partial charge is 0.385 e. The van der Waals surface area contributed by atoms with Crippen molar-refractivity contribution in [3.8, 4) is 0 Å². The van der Waals surface area contributed by atoms with Gasteiger partial charge in [0.2, 0.25) is 0 Å². The maximum Gasteiger partial charge on any atom is 0.107 e. The number of rotatable bonds is 3. The molecule has 25 heavy (non-hydrogen) atoms. The van der Waals surface area contributed by atoms with Crippen molar-refractivity contribution in [1.82, 2.24) is 0 Å². The number of fused-ring (bicyclic) bond motifs is 2. The molecule has 0 aromatic heterocycles. The molecule has 4 rings (SSSR count). The fourth-order valence-electron chi connectivity index (χ4n) is 4.57. The van der Waals surface area contributed by atoms with Gasteiger partial charge in [0, 0.05) is 5.54 Å². The van der Waals surface area contributed by atoms with Crippen molar-refractivity contribution < 1.29 is 5.11 Å². The van der Waals surface area contributed by atoms with Gasteiger partial charge < -0.3 is 5.11 Å². The molecule has 0 heterocycles. The number of benzene rings is 2. The molecule has 2 heteroatoms. The minimum atomic E-state index is -2.16. The second kappa shape index (κ2) is 5.55. The highest BCUT2D eigenvalue weighted by Crippen LogP contribution is 2.52. The van der Waals surface area contributed by atoms with Gasteiger partial charge in [0.25, 0.3) is 0 Å². The average Bonchev–Trinajstić information content (AvgIpc) is 3.16. The van der Waals surface area contributed by atoms with Crippen LogP contribution in [0.2, 0.25) is 13.1 Å². The Morgan fingerprint density at radius 1 is 1.00 bits per heavy atom. The van der Waals surface area contributed by atoms with Gasteiger partial charge in [0.15, 0.2) is 0 Å². The Hall–Kier alpha value is -1.90. The molecule has 2 aliphatic rings. The third kappa shape index (κ3) is 2.24. The minimum absolute atomic E-state index is 0.324. The molecule has 0 saturated carbocycles. The van der Waals surface area contributed by atoms with E-state index in [4.69, 9.17) is 0 Å². The van der Waals surface area contributed by atoms with Crippen LogP contribution in [0.5, 0.6) is 0 Å². The summed E-state index contributed by atoms with van der Waals surface area (Å²) in [5.41, 5.74) is 6.62. The number of hydrogen-bond acceptors (Lipinski definition) is 1. The predicted octanol–water partition coefficient (Wildman–Crippen LogP) is 5.52. The van der Waals surface area contributed by atoms with Crippen LogP contribution in [-0.2, 0) is 5.22 Å². The Balaban J connectivity index is 1.87. The molecular formula is C23H26OSi. The van der Waals surface area contributed by atoms with Crippen LogP contribution in [0.1, 0.15) is 41.6 Å². The van der Waals surface area contributed by atoms with Gasteiger partial charge in [-0.15, -0.1) is 0 Å². The SMILES string of the molecule is CC(C)C1=CC(O)([Si](C)(C)C2C=Cc3ccccc32)c2ccccc21. The van der Waals surface area contributed by atoms with Crippen molar-refractivity contribution >= 4 is 19.7 Å². The van der Waals surface area contributed by atoms with E-state index in [0.29, 0.717) is 11.5 Å². The lowest BCUT2D eigenvalue weighted by Crippen LogP contribution is -2.53. The summed E-state index contributed by atoms with van der Waals surface area (Å²) in [6, 6.07) is 17.1. The zero-order chi connectivity index (χ0) is 17.8. The molecule has 1 nitrogen and oxygen atoms in total. The van der Waals surface area contributed by atoms with Crippen LogP contribution in [0.25, 0.3) is 11.6 Å². The molecule has 0 amide bonds. The van der Waals surface area contributed by atoms with Crippen LogP contribution >= 0.6 is 0 Å². The van der Waals surface area contributed by atoms with Crippen molar-refractivity contribution in [3.63, 3.8) is 0 Å². The molecule has 0 saturated heterocycles. The summed E-state index contributed by atoms with van der Waals surface area (Å²) in [6.07, 6.45) is 6.73. The standard InChI is InChI=1S/C23H26OSi/c1-16(2)20-15-23(24,21-12-8-7-11-19(20)21)25(3,4)22-14-13-17-9-5-6-10-18(17)22/h5-16,22,24H,1-4H3. The highest BCUT2D eigenvalue weighted by molar-refractivity contribution is 6.82. The van der Waals surface area contributed by atoms with Gasteiger partial charge in [-0.3, -0.25) is 0 Å². The van der Waals surface area contributed by atoms with Gasteiger partial charge in [-0.05, 0) is 39.8 Å². The van der Waals surface area contributed by atoms with Crippen molar-refractivity contribution in [3.05, 3.63) is 82.9 Å². The summed E-state index contributed by atoms with van der Waals surface area (Å²) in [5, 5.41) is 11.2. The van der Waals surface area contributed by atoms with E-state index in [1.165, 1.54) is 22.3 Å². The Morgan fingerprint density at radius 2 is 1.68 bits per heavy atom.